The Kier molecular flexibility index (Phi) is 5.23. The number of allylic oxidation sites excluding steroid dienone is 4. The molecule has 3 aromatic heterocycles. The molecule has 5 aromatic rings. The lowest BCUT2D eigenvalue weighted by molar-refractivity contribution is -0.110. The molecule has 0 saturated carbocycles. The van der Waals surface area contributed by atoms with Gasteiger partial charge in [0.1, 0.15) is 0 Å². The van der Waals surface area contributed by atoms with Gasteiger partial charge in [0.15, 0.2) is 0 Å². The van der Waals surface area contributed by atoms with Crippen molar-refractivity contribution in [3.63, 3.8) is 0 Å². The van der Waals surface area contributed by atoms with Gasteiger partial charge in [-0.3, -0.25) is 19.2 Å². The number of rotatable bonds is 2. The molecule has 0 amide bonds. The van der Waals surface area contributed by atoms with Crippen molar-refractivity contribution in [2.75, 3.05) is 0 Å². The molecule has 7 heteroatoms. The summed E-state index contributed by atoms with van der Waals surface area (Å²) in [5.41, 5.74) is 7.69. The molecule has 2 aromatic carbocycles. The van der Waals surface area contributed by atoms with Crippen molar-refractivity contribution in [1.82, 2.24) is 0 Å². The van der Waals surface area contributed by atoms with Crippen molar-refractivity contribution in [1.29, 1.82) is 0 Å². The number of ketones is 4. The van der Waals surface area contributed by atoms with E-state index in [2.05, 4.69) is 39.8 Å². The fourth-order valence-electron chi connectivity index (χ4n) is 7.46. The van der Waals surface area contributed by atoms with E-state index in [1.54, 1.807) is 35.6 Å². The maximum Gasteiger partial charge on any atom is 0.234 e. The minimum absolute atomic E-state index is 0.221. The normalized spacial score (nSPS) is 20.3. The Bertz CT molecular complexity index is 2390. The predicted octanol–water partition coefficient (Wildman–Crippen LogP) is 9.16. The molecule has 0 spiro atoms. The standard InChI is InChI=1S/C38H24O4S3/c1-37(2)17(13-23-19-9-5-7-11-21(19)29(39)31(23)41)14-26-27(37)34-36(44-26)28-35(45-34)33-25(38(28,3)4)16-18(43-33)15-24-20-10-6-8-12-22(20)30(40)32(24)42/h5-16H,1-4H3/b23-13-,24-15-. The third-order valence-electron chi connectivity index (χ3n) is 9.85. The molecule has 0 radical (unpaired) electrons. The Hall–Kier alpha value is -4.30. The summed E-state index contributed by atoms with van der Waals surface area (Å²) in [7, 11) is 0. The van der Waals surface area contributed by atoms with Crippen LogP contribution in [0.2, 0.25) is 0 Å². The fourth-order valence-corrected chi connectivity index (χ4v) is 12.3. The second-order valence-electron chi connectivity index (χ2n) is 13.1. The van der Waals surface area contributed by atoms with Gasteiger partial charge in [0.05, 0.1) is 14.3 Å². The van der Waals surface area contributed by atoms with Crippen molar-refractivity contribution in [3.05, 3.63) is 115 Å². The van der Waals surface area contributed by atoms with Crippen LogP contribution in [-0.2, 0) is 20.4 Å². The SMILES string of the molecule is CC1(C)C(/C=C2\C(=O)C(=O)c3ccccc32)=Cc2sc3c4c(sc3c21)-c1sc(/C=C2\C(=O)C(=O)c3ccccc32)cc1C4(C)C. The molecule has 0 atom stereocenters. The Morgan fingerprint density at radius 2 is 1.13 bits per heavy atom. The second-order valence-corrected chi connectivity index (χ2v) is 16.2. The zero-order valence-electron chi connectivity index (χ0n) is 24.8. The first-order valence-corrected chi connectivity index (χ1v) is 17.2. The van der Waals surface area contributed by atoms with Gasteiger partial charge in [-0.25, -0.2) is 0 Å². The van der Waals surface area contributed by atoms with E-state index in [1.165, 1.54) is 40.7 Å². The average molecular weight is 641 g/mol. The van der Waals surface area contributed by atoms with Crippen molar-refractivity contribution >= 4 is 89.8 Å². The van der Waals surface area contributed by atoms with Gasteiger partial charge in [-0.1, -0.05) is 76.2 Å². The second kappa shape index (κ2) is 8.69. The molecule has 0 saturated heterocycles. The van der Waals surface area contributed by atoms with Crippen molar-refractivity contribution < 1.29 is 19.2 Å². The number of hydrogen-bond donors (Lipinski definition) is 0. The summed E-state index contributed by atoms with van der Waals surface area (Å²) >= 11 is 5.32. The fraction of sp³-hybridized carbons (Fsp3) is 0.158. The molecule has 4 nitrogen and oxygen atoms in total. The first-order chi connectivity index (χ1) is 21.5. The molecule has 9 rings (SSSR count). The summed E-state index contributed by atoms with van der Waals surface area (Å²) in [5, 5.41) is 0. The van der Waals surface area contributed by atoms with Crippen LogP contribution in [0, 0.1) is 0 Å². The zero-order valence-corrected chi connectivity index (χ0v) is 27.2. The molecule has 0 N–H and O–H groups in total. The molecule has 4 aliphatic carbocycles. The van der Waals surface area contributed by atoms with Crippen LogP contribution in [0.1, 0.15) is 86.0 Å². The van der Waals surface area contributed by atoms with Crippen molar-refractivity contribution in [2.45, 2.75) is 38.5 Å². The molecule has 3 heterocycles. The third kappa shape index (κ3) is 3.35. The molecule has 45 heavy (non-hydrogen) atoms. The number of carbonyl (C=O) groups is 4. The highest BCUT2D eigenvalue weighted by Crippen LogP contribution is 2.63. The van der Waals surface area contributed by atoms with E-state index < -0.39 is 23.1 Å². The largest absolute Gasteiger partial charge is 0.285 e. The highest BCUT2D eigenvalue weighted by molar-refractivity contribution is 7.32. The zero-order chi connectivity index (χ0) is 31.2. The first-order valence-electron chi connectivity index (χ1n) is 14.8. The summed E-state index contributed by atoms with van der Waals surface area (Å²) in [4.78, 5) is 55.8. The van der Waals surface area contributed by atoms with Gasteiger partial charge in [0.2, 0.25) is 23.1 Å². The summed E-state index contributed by atoms with van der Waals surface area (Å²) in [6.07, 6.45) is 6.02. The third-order valence-corrected chi connectivity index (χ3v) is 13.6. The van der Waals surface area contributed by atoms with Gasteiger partial charge >= 0.3 is 0 Å². The van der Waals surface area contributed by atoms with Gasteiger partial charge in [-0.15, -0.1) is 34.0 Å². The first kappa shape index (κ1) is 27.0. The smallest absolute Gasteiger partial charge is 0.234 e. The Morgan fingerprint density at radius 3 is 1.76 bits per heavy atom. The van der Waals surface area contributed by atoms with E-state index in [1.807, 2.05) is 59.1 Å². The molecule has 0 bridgehead atoms. The van der Waals surface area contributed by atoms with Gasteiger partial charge in [-0.2, -0.15) is 0 Å². The highest BCUT2D eigenvalue weighted by Gasteiger charge is 2.45. The van der Waals surface area contributed by atoms with E-state index in [4.69, 9.17) is 0 Å². The lowest BCUT2D eigenvalue weighted by atomic mass is 9.80. The molecule has 0 unspecified atom stereocenters. The van der Waals surface area contributed by atoms with Crippen LogP contribution in [0.25, 0.3) is 42.5 Å². The van der Waals surface area contributed by atoms with Crippen molar-refractivity contribution in [2.24, 2.45) is 0 Å². The van der Waals surface area contributed by atoms with Crippen LogP contribution >= 0.6 is 34.0 Å². The van der Waals surface area contributed by atoms with E-state index >= 15 is 0 Å². The average Bonchev–Trinajstić information content (AvgIpc) is 3.84. The Morgan fingerprint density at radius 1 is 0.578 bits per heavy atom. The molecule has 0 fully saturated rings. The number of thiophene rings is 3. The molecule has 4 aliphatic rings. The number of Topliss-reactive ketones (excluding diaryl/α,β-unsaturated/α-hetero) is 4. The van der Waals surface area contributed by atoms with Crippen LogP contribution in [0.15, 0.2) is 66.2 Å². The molecule has 0 aliphatic heterocycles. The van der Waals surface area contributed by atoms with Crippen LogP contribution in [-0.4, -0.2) is 23.1 Å². The number of benzene rings is 2. The highest BCUT2D eigenvalue weighted by atomic mass is 32.1. The summed E-state index contributed by atoms with van der Waals surface area (Å²) in [6, 6.07) is 16.7. The lowest BCUT2D eigenvalue weighted by Crippen LogP contribution is -2.16. The quantitative estimate of drug-likeness (QED) is 0.143. The summed E-state index contributed by atoms with van der Waals surface area (Å²) < 4.78 is 2.59. The molecular formula is C38H24O4S3. The maximum atomic E-state index is 13.0. The Labute approximate surface area is 271 Å². The molecular weight excluding hydrogens is 617 g/mol. The minimum atomic E-state index is -0.440. The van der Waals surface area contributed by atoms with Gasteiger partial charge in [0.25, 0.3) is 0 Å². The van der Waals surface area contributed by atoms with E-state index in [9.17, 15) is 19.2 Å². The van der Waals surface area contributed by atoms with Crippen LogP contribution < -0.4 is 0 Å². The topological polar surface area (TPSA) is 68.3 Å². The van der Waals surface area contributed by atoms with Gasteiger partial charge in [0, 0.05) is 47.7 Å². The Balaban J connectivity index is 1.14. The summed E-state index contributed by atoms with van der Waals surface area (Å²) in [6.45, 7) is 8.95. The van der Waals surface area contributed by atoms with E-state index in [0.717, 1.165) is 10.5 Å². The maximum absolute atomic E-state index is 13.0. The van der Waals surface area contributed by atoms with Crippen LogP contribution in [0.3, 0.4) is 0 Å². The lowest BCUT2D eigenvalue weighted by Gasteiger charge is -2.23. The minimum Gasteiger partial charge on any atom is -0.285 e. The van der Waals surface area contributed by atoms with Gasteiger partial charge in [-0.05, 0) is 57.7 Å². The van der Waals surface area contributed by atoms with Crippen molar-refractivity contribution in [3.8, 4) is 9.75 Å². The number of carbonyl (C=O) groups excluding carboxylic acids is 4. The van der Waals surface area contributed by atoms with Gasteiger partial charge < -0.3 is 0 Å². The summed E-state index contributed by atoms with van der Waals surface area (Å²) in [5.74, 6) is -1.75. The molecule has 218 valence electrons. The number of fused-ring (bicyclic) bond motifs is 9. The van der Waals surface area contributed by atoms with Crippen LogP contribution in [0.5, 0.6) is 0 Å². The van der Waals surface area contributed by atoms with Crippen LogP contribution in [0.4, 0.5) is 0 Å². The van der Waals surface area contributed by atoms with E-state index in [-0.39, 0.29) is 10.8 Å². The predicted molar refractivity (Wildman–Crippen MR) is 184 cm³/mol. The number of hydrogen-bond acceptors (Lipinski definition) is 7. The van der Waals surface area contributed by atoms with E-state index in [0.29, 0.717) is 33.4 Å². The monoisotopic (exact) mass is 640 g/mol.